The lowest BCUT2D eigenvalue weighted by Gasteiger charge is -2.60. The number of carbonyl (C=O) groups is 2. The van der Waals surface area contributed by atoms with Crippen LogP contribution >= 0.6 is 0 Å². The summed E-state index contributed by atoms with van der Waals surface area (Å²) in [4.78, 5) is 25.1. The van der Waals surface area contributed by atoms with Crippen molar-refractivity contribution in [2.45, 2.75) is 71.6 Å². The van der Waals surface area contributed by atoms with E-state index in [0.717, 1.165) is 5.56 Å². The number of amides is 2. The molecule has 2 aliphatic carbocycles. The molecule has 6 unspecified atom stereocenters. The lowest BCUT2D eigenvalue weighted by molar-refractivity contribution is -0.185. The van der Waals surface area contributed by atoms with Gasteiger partial charge in [-0.25, -0.2) is 4.79 Å². The van der Waals surface area contributed by atoms with Crippen molar-refractivity contribution in [3.63, 3.8) is 0 Å². The monoisotopic (exact) mass is 490 g/mol. The molecule has 4 rings (SSSR count). The molecule has 1 aromatic rings. The maximum absolute atomic E-state index is 13.0. The zero-order valence-corrected chi connectivity index (χ0v) is 20.8. The van der Waals surface area contributed by atoms with Crippen molar-refractivity contribution in [2.24, 2.45) is 22.7 Å². The van der Waals surface area contributed by atoms with Crippen LogP contribution in [0.4, 0.5) is 4.79 Å². The Morgan fingerprint density at radius 2 is 1.91 bits per heavy atom. The first-order valence-electron chi connectivity index (χ1n) is 12.6. The quantitative estimate of drug-likeness (QED) is 0.463. The molecule has 9 nitrogen and oxygen atoms in total. The van der Waals surface area contributed by atoms with E-state index in [0.29, 0.717) is 50.3 Å². The molecule has 2 amide bonds. The summed E-state index contributed by atoms with van der Waals surface area (Å²) in [5.41, 5.74) is -0.113. The minimum atomic E-state index is -0.653. The molecule has 0 radical (unpaired) electrons. The molecule has 1 aliphatic heterocycles. The van der Waals surface area contributed by atoms with Crippen LogP contribution in [-0.2, 0) is 16.1 Å². The maximum Gasteiger partial charge on any atom is 0.407 e. The van der Waals surface area contributed by atoms with Gasteiger partial charge in [-0.2, -0.15) is 0 Å². The molecular formula is C26H38N2O7. The van der Waals surface area contributed by atoms with Crippen LogP contribution < -0.4 is 20.1 Å². The number of fused-ring (bicyclic) bond motifs is 2. The third kappa shape index (κ3) is 4.93. The van der Waals surface area contributed by atoms with Gasteiger partial charge in [0.15, 0.2) is 11.5 Å². The highest BCUT2D eigenvalue weighted by Gasteiger charge is 2.60. The van der Waals surface area contributed by atoms with Crippen molar-refractivity contribution in [3.05, 3.63) is 23.8 Å². The molecule has 35 heavy (non-hydrogen) atoms. The van der Waals surface area contributed by atoms with Gasteiger partial charge in [-0.15, -0.1) is 0 Å². The van der Waals surface area contributed by atoms with Gasteiger partial charge in [0, 0.05) is 24.9 Å². The van der Waals surface area contributed by atoms with Gasteiger partial charge in [0.1, 0.15) is 6.10 Å². The molecule has 2 fully saturated rings. The van der Waals surface area contributed by atoms with Crippen molar-refractivity contribution >= 4 is 12.0 Å². The molecule has 194 valence electrons. The number of rotatable bonds is 7. The predicted octanol–water partition coefficient (Wildman–Crippen LogP) is 2.72. The molecule has 9 heteroatoms. The number of benzene rings is 1. The number of hydrogen-bond donors (Lipinski definition) is 4. The SMILES string of the molecule is CCNC(=O)OC1CCC2(C)C(CC(=O)NCc3ccc4c(c3)OCO4)C(O)CCC2C1(C)CO. The molecule has 0 aromatic heterocycles. The summed E-state index contributed by atoms with van der Waals surface area (Å²) in [6.07, 6.45) is 1.23. The number of hydrogen-bond acceptors (Lipinski definition) is 7. The fraction of sp³-hybridized carbons (Fsp3) is 0.692. The second kappa shape index (κ2) is 10.2. The van der Waals surface area contributed by atoms with Gasteiger partial charge in [-0.3, -0.25) is 4.79 Å². The molecule has 1 heterocycles. The van der Waals surface area contributed by atoms with Crippen LogP contribution in [0.25, 0.3) is 0 Å². The average Bonchev–Trinajstić information content (AvgIpc) is 3.30. The summed E-state index contributed by atoms with van der Waals surface area (Å²) in [5.74, 6) is 0.991. The zero-order valence-electron chi connectivity index (χ0n) is 20.8. The van der Waals surface area contributed by atoms with Gasteiger partial charge in [0.25, 0.3) is 0 Å². The van der Waals surface area contributed by atoms with Crippen molar-refractivity contribution < 1.29 is 34.0 Å². The predicted molar refractivity (Wildman–Crippen MR) is 128 cm³/mol. The van der Waals surface area contributed by atoms with E-state index >= 15 is 0 Å². The molecule has 3 aliphatic rings. The van der Waals surface area contributed by atoms with Gasteiger partial charge < -0.3 is 35.1 Å². The van der Waals surface area contributed by atoms with Gasteiger partial charge in [0.05, 0.1) is 12.7 Å². The third-order valence-corrected chi connectivity index (χ3v) is 8.58. The smallest absolute Gasteiger partial charge is 0.407 e. The lowest BCUT2D eigenvalue weighted by atomic mass is 9.46. The summed E-state index contributed by atoms with van der Waals surface area (Å²) in [6.45, 7) is 6.81. The molecule has 0 bridgehead atoms. The second-order valence-corrected chi connectivity index (χ2v) is 10.6. The number of ether oxygens (including phenoxy) is 3. The summed E-state index contributed by atoms with van der Waals surface area (Å²) in [6, 6.07) is 5.58. The van der Waals surface area contributed by atoms with Crippen molar-refractivity contribution in [2.75, 3.05) is 19.9 Å². The largest absolute Gasteiger partial charge is 0.454 e. The normalized spacial score (nSPS) is 33.5. The average molecular weight is 491 g/mol. The topological polar surface area (TPSA) is 126 Å². The Morgan fingerprint density at radius 3 is 2.66 bits per heavy atom. The number of nitrogens with one attached hydrogen (secondary N) is 2. The van der Waals surface area contributed by atoms with Crippen molar-refractivity contribution in [3.8, 4) is 11.5 Å². The van der Waals surface area contributed by atoms with Crippen LogP contribution in [0.15, 0.2) is 18.2 Å². The van der Waals surface area contributed by atoms with E-state index in [4.69, 9.17) is 14.2 Å². The highest BCUT2D eigenvalue weighted by Crippen LogP contribution is 2.61. The third-order valence-electron chi connectivity index (χ3n) is 8.58. The van der Waals surface area contributed by atoms with E-state index in [1.165, 1.54) is 0 Å². The Hall–Kier alpha value is -2.52. The van der Waals surface area contributed by atoms with E-state index in [9.17, 15) is 19.8 Å². The Bertz CT molecular complexity index is 940. The van der Waals surface area contributed by atoms with Crippen molar-refractivity contribution in [1.82, 2.24) is 10.6 Å². The van der Waals surface area contributed by atoms with E-state index in [2.05, 4.69) is 17.6 Å². The minimum absolute atomic E-state index is 0.00300. The van der Waals surface area contributed by atoms with Crippen LogP contribution in [0.2, 0.25) is 0 Å². The molecule has 1 aromatic carbocycles. The van der Waals surface area contributed by atoms with E-state index in [-0.39, 0.29) is 43.0 Å². The van der Waals surface area contributed by atoms with E-state index < -0.39 is 23.7 Å². The number of aliphatic hydroxyl groups excluding tert-OH is 2. The Kier molecular flexibility index (Phi) is 7.47. The van der Waals surface area contributed by atoms with Gasteiger partial charge in [-0.05, 0) is 67.6 Å². The summed E-state index contributed by atoms with van der Waals surface area (Å²) < 4.78 is 16.5. The maximum atomic E-state index is 13.0. The molecule has 4 N–H and O–H groups in total. The first kappa shape index (κ1) is 25.6. The van der Waals surface area contributed by atoms with Crippen LogP contribution in [0.3, 0.4) is 0 Å². The summed E-state index contributed by atoms with van der Waals surface area (Å²) in [5, 5.41) is 27.1. The van der Waals surface area contributed by atoms with Crippen molar-refractivity contribution in [1.29, 1.82) is 0 Å². The van der Waals surface area contributed by atoms with Gasteiger partial charge >= 0.3 is 6.09 Å². The van der Waals surface area contributed by atoms with E-state index in [1.807, 2.05) is 32.0 Å². The second-order valence-electron chi connectivity index (χ2n) is 10.6. The minimum Gasteiger partial charge on any atom is -0.454 e. The van der Waals surface area contributed by atoms with Crippen LogP contribution in [-0.4, -0.2) is 54.4 Å². The molecule has 6 atom stereocenters. The highest BCUT2D eigenvalue weighted by molar-refractivity contribution is 5.76. The van der Waals surface area contributed by atoms with Crippen LogP contribution in [0, 0.1) is 22.7 Å². The Morgan fingerprint density at radius 1 is 1.14 bits per heavy atom. The van der Waals surface area contributed by atoms with Crippen LogP contribution in [0.5, 0.6) is 11.5 Å². The van der Waals surface area contributed by atoms with E-state index in [1.54, 1.807) is 0 Å². The Labute approximate surface area is 206 Å². The number of aliphatic hydroxyl groups is 2. The Balaban J connectivity index is 1.44. The summed E-state index contributed by atoms with van der Waals surface area (Å²) in [7, 11) is 0. The highest BCUT2D eigenvalue weighted by atomic mass is 16.7. The standard InChI is InChI=1S/C26H38N2O7/c1-4-27-24(32)35-22-9-10-25(2)17(18(30)6-8-21(25)26(22,3)14-29)12-23(31)28-13-16-5-7-19-20(11-16)34-15-33-19/h5,7,11,17-18,21-22,29-30H,4,6,8-10,12-15H2,1-3H3,(H,27,32)(H,28,31). The first-order chi connectivity index (χ1) is 16.7. The fourth-order valence-electron chi connectivity index (χ4n) is 6.62. The molecular weight excluding hydrogens is 452 g/mol. The summed E-state index contributed by atoms with van der Waals surface area (Å²) >= 11 is 0. The lowest BCUT2D eigenvalue weighted by Crippen LogP contribution is -2.61. The number of alkyl carbamates (subject to hydrolysis) is 1. The van der Waals surface area contributed by atoms with Gasteiger partial charge in [0.2, 0.25) is 12.7 Å². The molecule has 0 spiro atoms. The van der Waals surface area contributed by atoms with Crippen LogP contribution in [0.1, 0.15) is 58.4 Å². The molecule has 0 saturated heterocycles. The molecule has 2 saturated carbocycles. The zero-order chi connectivity index (χ0) is 25.2. The fourth-order valence-corrected chi connectivity index (χ4v) is 6.62. The first-order valence-corrected chi connectivity index (χ1v) is 12.6. The van der Waals surface area contributed by atoms with Gasteiger partial charge in [-0.1, -0.05) is 19.9 Å². The number of carbonyl (C=O) groups excluding carboxylic acids is 2.